The van der Waals surface area contributed by atoms with E-state index in [0.717, 1.165) is 12.8 Å². The molecule has 0 aromatic carbocycles. The summed E-state index contributed by atoms with van der Waals surface area (Å²) < 4.78 is 0. The van der Waals surface area contributed by atoms with Gasteiger partial charge in [0, 0.05) is 25.0 Å². The molecule has 16 heavy (non-hydrogen) atoms. The Morgan fingerprint density at radius 1 is 1.44 bits per heavy atom. The molecule has 0 saturated carbocycles. The highest BCUT2D eigenvalue weighted by Gasteiger charge is 2.28. The van der Waals surface area contributed by atoms with Crippen molar-refractivity contribution in [2.24, 2.45) is 17.4 Å². The van der Waals surface area contributed by atoms with Crippen molar-refractivity contribution in [2.75, 3.05) is 13.1 Å². The summed E-state index contributed by atoms with van der Waals surface area (Å²) in [5.74, 6) is -0.499. The van der Waals surface area contributed by atoms with Gasteiger partial charge in [-0.1, -0.05) is 0 Å². The number of rotatable bonds is 3. The second kappa shape index (κ2) is 4.82. The van der Waals surface area contributed by atoms with Gasteiger partial charge in [-0.15, -0.1) is 0 Å². The first kappa shape index (κ1) is 13.0. The number of carbonyl (C=O) groups is 2. The van der Waals surface area contributed by atoms with Crippen molar-refractivity contribution in [2.45, 2.75) is 38.6 Å². The van der Waals surface area contributed by atoms with Crippen LogP contribution < -0.4 is 11.5 Å². The first-order valence-corrected chi connectivity index (χ1v) is 5.65. The molecule has 1 fully saturated rings. The fourth-order valence-electron chi connectivity index (χ4n) is 1.94. The molecule has 0 radical (unpaired) electrons. The van der Waals surface area contributed by atoms with E-state index in [1.165, 1.54) is 0 Å². The Balaban J connectivity index is 2.54. The molecular formula is C11H21N3O2. The smallest absolute Gasteiger partial charge is 0.224 e. The van der Waals surface area contributed by atoms with Crippen LogP contribution in [0, 0.1) is 5.92 Å². The molecule has 5 nitrogen and oxygen atoms in total. The maximum Gasteiger partial charge on any atom is 0.224 e. The molecular weight excluding hydrogens is 206 g/mol. The summed E-state index contributed by atoms with van der Waals surface area (Å²) in [6, 6.07) is 0. The SMILES string of the molecule is CC(C)(N)CC(=O)N1CCCC(C(N)=O)C1. The fraction of sp³-hybridized carbons (Fsp3) is 0.818. The van der Waals surface area contributed by atoms with Crippen molar-refractivity contribution < 1.29 is 9.59 Å². The molecule has 0 aromatic heterocycles. The molecule has 1 saturated heterocycles. The molecule has 0 aromatic rings. The quantitative estimate of drug-likeness (QED) is 0.702. The zero-order chi connectivity index (χ0) is 12.3. The molecule has 4 N–H and O–H groups in total. The van der Waals surface area contributed by atoms with Crippen LogP contribution in [0.4, 0.5) is 0 Å². The first-order chi connectivity index (χ1) is 7.29. The van der Waals surface area contributed by atoms with Crippen LogP contribution in [0.5, 0.6) is 0 Å². The summed E-state index contributed by atoms with van der Waals surface area (Å²) in [6.07, 6.45) is 1.92. The average molecular weight is 227 g/mol. The number of piperidine rings is 1. The number of nitrogens with zero attached hydrogens (tertiary/aromatic N) is 1. The lowest BCUT2D eigenvalue weighted by Gasteiger charge is -2.33. The predicted octanol–water partition coefficient (Wildman–Crippen LogP) is -0.162. The van der Waals surface area contributed by atoms with Gasteiger partial charge in [-0.25, -0.2) is 0 Å². The van der Waals surface area contributed by atoms with Gasteiger partial charge < -0.3 is 16.4 Å². The van der Waals surface area contributed by atoms with Gasteiger partial charge in [0.1, 0.15) is 0 Å². The van der Waals surface area contributed by atoms with Gasteiger partial charge in [0.05, 0.1) is 5.92 Å². The van der Waals surface area contributed by atoms with Gasteiger partial charge in [-0.3, -0.25) is 9.59 Å². The minimum absolute atomic E-state index is 0.0125. The molecule has 1 aliphatic rings. The Labute approximate surface area is 96.1 Å². The third-order valence-corrected chi connectivity index (χ3v) is 2.78. The Bertz CT molecular complexity index is 283. The summed E-state index contributed by atoms with van der Waals surface area (Å²) in [6.45, 7) is 4.80. The van der Waals surface area contributed by atoms with Crippen molar-refractivity contribution in [3.63, 3.8) is 0 Å². The number of likely N-dealkylation sites (tertiary alicyclic amines) is 1. The number of primary amides is 1. The third kappa shape index (κ3) is 3.81. The van der Waals surface area contributed by atoms with Crippen molar-refractivity contribution in [1.29, 1.82) is 0 Å². The summed E-state index contributed by atoms with van der Waals surface area (Å²) in [4.78, 5) is 24.6. The van der Waals surface area contributed by atoms with Crippen molar-refractivity contribution >= 4 is 11.8 Å². The van der Waals surface area contributed by atoms with Gasteiger partial charge in [0.15, 0.2) is 0 Å². The molecule has 0 bridgehead atoms. The first-order valence-electron chi connectivity index (χ1n) is 5.65. The van der Waals surface area contributed by atoms with E-state index >= 15 is 0 Å². The molecule has 0 aliphatic carbocycles. The van der Waals surface area contributed by atoms with E-state index in [9.17, 15) is 9.59 Å². The zero-order valence-corrected chi connectivity index (χ0v) is 10.0. The summed E-state index contributed by atoms with van der Waals surface area (Å²) in [7, 11) is 0. The minimum Gasteiger partial charge on any atom is -0.369 e. The summed E-state index contributed by atoms with van der Waals surface area (Å²) in [5.41, 5.74) is 10.6. The van der Waals surface area contributed by atoms with Gasteiger partial charge >= 0.3 is 0 Å². The number of amides is 2. The number of hydrogen-bond acceptors (Lipinski definition) is 3. The number of hydrogen-bond donors (Lipinski definition) is 2. The second-order valence-corrected chi connectivity index (χ2v) is 5.25. The molecule has 1 rings (SSSR count). The van der Waals surface area contributed by atoms with Crippen LogP contribution in [-0.4, -0.2) is 35.3 Å². The Kier molecular flexibility index (Phi) is 3.91. The summed E-state index contributed by atoms with van der Waals surface area (Å²) in [5, 5.41) is 0. The van der Waals surface area contributed by atoms with Gasteiger partial charge in [0.2, 0.25) is 11.8 Å². The van der Waals surface area contributed by atoms with Crippen LogP contribution in [0.2, 0.25) is 0 Å². The van der Waals surface area contributed by atoms with Crippen LogP contribution in [0.3, 0.4) is 0 Å². The zero-order valence-electron chi connectivity index (χ0n) is 10.0. The van der Waals surface area contributed by atoms with Crippen molar-refractivity contribution in [3.05, 3.63) is 0 Å². The lowest BCUT2D eigenvalue weighted by Crippen LogP contribution is -2.47. The standard InChI is InChI=1S/C11H21N3O2/c1-11(2,13)6-9(15)14-5-3-4-8(7-14)10(12)16/h8H,3-7,13H2,1-2H3,(H2,12,16). The van der Waals surface area contributed by atoms with E-state index in [4.69, 9.17) is 11.5 Å². The second-order valence-electron chi connectivity index (χ2n) is 5.25. The molecule has 1 heterocycles. The largest absolute Gasteiger partial charge is 0.369 e. The molecule has 1 aliphatic heterocycles. The maximum atomic E-state index is 11.9. The third-order valence-electron chi connectivity index (χ3n) is 2.78. The van der Waals surface area contributed by atoms with Gasteiger partial charge in [0.25, 0.3) is 0 Å². The van der Waals surface area contributed by atoms with Crippen LogP contribution in [0.25, 0.3) is 0 Å². The van der Waals surface area contributed by atoms with Crippen LogP contribution in [0.15, 0.2) is 0 Å². The van der Waals surface area contributed by atoms with Crippen molar-refractivity contribution in [1.82, 2.24) is 4.90 Å². The Morgan fingerprint density at radius 3 is 2.56 bits per heavy atom. The molecule has 5 heteroatoms. The maximum absolute atomic E-state index is 11.9. The highest BCUT2D eigenvalue weighted by molar-refractivity contribution is 5.80. The average Bonchev–Trinajstić information content (AvgIpc) is 2.15. The molecule has 0 spiro atoms. The molecule has 2 amide bonds. The van der Waals surface area contributed by atoms with Crippen LogP contribution >= 0.6 is 0 Å². The predicted molar refractivity (Wildman–Crippen MR) is 61.4 cm³/mol. The lowest BCUT2D eigenvalue weighted by molar-refractivity contribution is -0.135. The highest BCUT2D eigenvalue weighted by atomic mass is 16.2. The number of nitrogens with two attached hydrogens (primary N) is 2. The van der Waals surface area contributed by atoms with E-state index in [1.54, 1.807) is 4.90 Å². The fourth-order valence-corrected chi connectivity index (χ4v) is 1.94. The van der Waals surface area contributed by atoms with Gasteiger partial charge in [-0.2, -0.15) is 0 Å². The number of carbonyl (C=O) groups excluding carboxylic acids is 2. The van der Waals surface area contributed by atoms with Crippen LogP contribution in [0.1, 0.15) is 33.1 Å². The van der Waals surface area contributed by atoms with E-state index in [1.807, 2.05) is 13.8 Å². The van der Waals surface area contributed by atoms with Crippen LogP contribution in [-0.2, 0) is 9.59 Å². The lowest BCUT2D eigenvalue weighted by atomic mass is 9.95. The monoisotopic (exact) mass is 227 g/mol. The molecule has 92 valence electrons. The van der Waals surface area contributed by atoms with E-state index in [2.05, 4.69) is 0 Å². The highest BCUT2D eigenvalue weighted by Crippen LogP contribution is 2.18. The van der Waals surface area contributed by atoms with Crippen molar-refractivity contribution in [3.8, 4) is 0 Å². The summed E-state index contributed by atoms with van der Waals surface area (Å²) >= 11 is 0. The normalized spacial score (nSPS) is 21.9. The Morgan fingerprint density at radius 2 is 2.06 bits per heavy atom. The van der Waals surface area contributed by atoms with E-state index < -0.39 is 5.54 Å². The van der Waals surface area contributed by atoms with E-state index in [-0.39, 0.29) is 17.7 Å². The molecule has 1 unspecified atom stereocenters. The Hall–Kier alpha value is -1.10. The minimum atomic E-state index is -0.503. The topological polar surface area (TPSA) is 89.4 Å². The van der Waals surface area contributed by atoms with E-state index in [0.29, 0.717) is 19.5 Å². The van der Waals surface area contributed by atoms with Gasteiger partial charge in [-0.05, 0) is 26.7 Å². The molecule has 1 atom stereocenters.